The molecule has 26 heavy (non-hydrogen) atoms. The van der Waals surface area contributed by atoms with Gasteiger partial charge in [-0.1, -0.05) is 45.6 Å². The van der Waals surface area contributed by atoms with Crippen molar-refractivity contribution >= 4 is 34.9 Å². The Balaban J connectivity index is 1.66. The van der Waals surface area contributed by atoms with Crippen LogP contribution in [0.3, 0.4) is 0 Å². The molecule has 4 rings (SSSR count). The van der Waals surface area contributed by atoms with E-state index in [2.05, 4.69) is 20.7 Å². The zero-order chi connectivity index (χ0) is 18.1. The second kappa shape index (κ2) is 6.82. The Morgan fingerprint density at radius 2 is 1.54 bits per heavy atom. The quantitative estimate of drug-likeness (QED) is 0.480. The molecule has 8 heteroatoms. The monoisotopic (exact) mass is 386 g/mol. The molecular formula is C18H12Cl2N4O2. The molecule has 2 aromatic carbocycles. The van der Waals surface area contributed by atoms with E-state index in [-0.39, 0.29) is 6.01 Å². The molecule has 0 amide bonds. The van der Waals surface area contributed by atoms with E-state index in [4.69, 9.17) is 32.1 Å². The fraction of sp³-hybridized carbons (Fsp3) is 0.0556. The molecule has 0 atom stereocenters. The number of aromatic nitrogens is 3. The van der Waals surface area contributed by atoms with E-state index in [1.807, 2.05) is 24.3 Å². The van der Waals surface area contributed by atoms with Gasteiger partial charge >= 0.3 is 6.01 Å². The molecule has 130 valence electrons. The third-order valence-corrected chi connectivity index (χ3v) is 4.22. The van der Waals surface area contributed by atoms with Gasteiger partial charge < -0.3 is 14.3 Å². The third kappa shape index (κ3) is 3.29. The van der Waals surface area contributed by atoms with Crippen LogP contribution in [-0.4, -0.2) is 15.4 Å². The van der Waals surface area contributed by atoms with Crippen LogP contribution in [0.5, 0.6) is 0 Å². The fourth-order valence-corrected chi connectivity index (χ4v) is 2.71. The first-order valence-electron chi connectivity index (χ1n) is 7.69. The molecule has 6 nitrogen and oxygen atoms in total. The van der Waals surface area contributed by atoms with Gasteiger partial charge in [-0.25, -0.2) is 0 Å². The lowest BCUT2D eigenvalue weighted by atomic mass is 10.1. The summed E-state index contributed by atoms with van der Waals surface area (Å²) in [4.78, 5) is 0. The summed E-state index contributed by atoms with van der Waals surface area (Å²) in [7, 11) is 0. The van der Waals surface area contributed by atoms with Crippen molar-refractivity contribution in [3.8, 4) is 22.7 Å². The lowest BCUT2D eigenvalue weighted by Gasteiger charge is -2.01. The first-order chi connectivity index (χ1) is 12.6. The molecule has 0 bridgehead atoms. The molecule has 0 aliphatic rings. The summed E-state index contributed by atoms with van der Waals surface area (Å²) in [5.41, 5.74) is 2.88. The highest BCUT2D eigenvalue weighted by Gasteiger charge is 2.22. The van der Waals surface area contributed by atoms with Crippen molar-refractivity contribution in [1.29, 1.82) is 0 Å². The molecule has 0 aliphatic carbocycles. The SMILES string of the molecule is Cc1onc(-c2ccc(Cl)cc2)c1-c1nnc(Nc2ccc(Cl)cc2)o1. The van der Waals surface area contributed by atoms with Crippen LogP contribution in [0.15, 0.2) is 57.5 Å². The number of aryl methyl sites for hydroxylation is 1. The molecule has 0 spiro atoms. The van der Waals surface area contributed by atoms with Crippen molar-refractivity contribution in [2.45, 2.75) is 6.92 Å². The van der Waals surface area contributed by atoms with Crippen molar-refractivity contribution in [2.75, 3.05) is 5.32 Å². The van der Waals surface area contributed by atoms with Crippen LogP contribution >= 0.6 is 23.2 Å². The number of benzene rings is 2. The number of anilines is 2. The highest BCUT2D eigenvalue weighted by molar-refractivity contribution is 6.30. The van der Waals surface area contributed by atoms with Crippen molar-refractivity contribution in [2.24, 2.45) is 0 Å². The average Bonchev–Trinajstić information content (AvgIpc) is 3.24. The standard InChI is InChI=1S/C18H12Cl2N4O2/c1-10-15(16(24-26-10)11-2-4-12(19)5-3-11)17-22-23-18(25-17)21-14-8-6-13(20)7-9-14/h2-9H,1H3,(H,21,23). The maximum atomic E-state index is 5.95. The topological polar surface area (TPSA) is 77.0 Å². The highest BCUT2D eigenvalue weighted by Crippen LogP contribution is 2.34. The maximum Gasteiger partial charge on any atom is 0.320 e. The zero-order valence-corrected chi connectivity index (χ0v) is 15.0. The van der Waals surface area contributed by atoms with Crippen LogP contribution in [0, 0.1) is 6.92 Å². The first-order valence-corrected chi connectivity index (χ1v) is 8.44. The Morgan fingerprint density at radius 3 is 2.23 bits per heavy atom. The van der Waals surface area contributed by atoms with Crippen molar-refractivity contribution < 1.29 is 8.94 Å². The van der Waals surface area contributed by atoms with Gasteiger partial charge in [0.1, 0.15) is 17.0 Å². The molecule has 2 heterocycles. The summed E-state index contributed by atoms with van der Waals surface area (Å²) in [5.74, 6) is 0.891. The van der Waals surface area contributed by atoms with Gasteiger partial charge in [0, 0.05) is 21.3 Å². The second-order valence-corrected chi connectivity index (χ2v) is 6.39. The lowest BCUT2D eigenvalue weighted by molar-refractivity contribution is 0.399. The summed E-state index contributed by atoms with van der Waals surface area (Å²) >= 11 is 11.8. The van der Waals surface area contributed by atoms with Crippen LogP contribution in [0.25, 0.3) is 22.7 Å². The number of nitrogens with zero attached hydrogens (tertiary/aromatic N) is 3. The molecule has 0 radical (unpaired) electrons. The van der Waals surface area contributed by atoms with Gasteiger partial charge in [-0.3, -0.25) is 0 Å². The van der Waals surface area contributed by atoms with Crippen molar-refractivity contribution in [3.63, 3.8) is 0 Å². The van der Waals surface area contributed by atoms with E-state index in [9.17, 15) is 0 Å². The molecule has 0 saturated heterocycles. The van der Waals surface area contributed by atoms with Gasteiger partial charge in [0.2, 0.25) is 0 Å². The second-order valence-electron chi connectivity index (χ2n) is 5.51. The molecular weight excluding hydrogens is 375 g/mol. The summed E-state index contributed by atoms with van der Waals surface area (Å²) < 4.78 is 11.1. The van der Waals surface area contributed by atoms with Gasteiger partial charge in [-0.2, -0.15) is 0 Å². The predicted octanol–water partition coefficient (Wildman–Crippen LogP) is 5.75. The van der Waals surface area contributed by atoms with Gasteiger partial charge in [0.15, 0.2) is 0 Å². The normalized spacial score (nSPS) is 10.9. The summed E-state index contributed by atoms with van der Waals surface area (Å²) in [6.07, 6.45) is 0. The summed E-state index contributed by atoms with van der Waals surface area (Å²) in [6.45, 7) is 1.79. The highest BCUT2D eigenvalue weighted by atomic mass is 35.5. The number of halogens is 2. The van der Waals surface area contributed by atoms with Gasteiger partial charge in [-0.15, -0.1) is 5.10 Å². The van der Waals surface area contributed by atoms with Crippen LogP contribution in [0.2, 0.25) is 10.0 Å². The van der Waals surface area contributed by atoms with E-state index in [0.717, 1.165) is 11.3 Å². The molecule has 1 N–H and O–H groups in total. The van der Waals surface area contributed by atoms with Crippen molar-refractivity contribution in [1.82, 2.24) is 15.4 Å². The van der Waals surface area contributed by atoms with Gasteiger partial charge in [0.25, 0.3) is 5.89 Å². The van der Waals surface area contributed by atoms with E-state index < -0.39 is 0 Å². The molecule has 0 fully saturated rings. The predicted molar refractivity (Wildman–Crippen MR) is 99.7 cm³/mol. The number of hydrogen-bond acceptors (Lipinski definition) is 6. The van der Waals surface area contributed by atoms with Crippen LogP contribution in [0.1, 0.15) is 5.76 Å². The maximum absolute atomic E-state index is 5.95. The van der Waals surface area contributed by atoms with Gasteiger partial charge in [0.05, 0.1) is 0 Å². The van der Waals surface area contributed by atoms with E-state index in [1.165, 1.54) is 0 Å². The summed E-state index contributed by atoms with van der Waals surface area (Å²) in [5, 5.41) is 16.6. The molecule has 0 unspecified atom stereocenters. The van der Waals surface area contributed by atoms with Crippen LogP contribution < -0.4 is 5.32 Å². The third-order valence-electron chi connectivity index (χ3n) is 3.71. The molecule has 0 aliphatic heterocycles. The Kier molecular flexibility index (Phi) is 4.36. The number of rotatable bonds is 4. The average molecular weight is 387 g/mol. The van der Waals surface area contributed by atoms with Gasteiger partial charge in [-0.05, 0) is 43.3 Å². The minimum atomic E-state index is 0.255. The minimum Gasteiger partial charge on any atom is -0.403 e. The number of nitrogens with one attached hydrogen (secondary N) is 1. The van der Waals surface area contributed by atoms with Crippen molar-refractivity contribution in [3.05, 3.63) is 64.3 Å². The molecule has 0 saturated carbocycles. The Morgan fingerprint density at radius 1 is 0.885 bits per heavy atom. The summed E-state index contributed by atoms with van der Waals surface area (Å²) in [6, 6.07) is 14.7. The van der Waals surface area contributed by atoms with E-state index >= 15 is 0 Å². The van der Waals surface area contributed by atoms with E-state index in [0.29, 0.717) is 33.0 Å². The minimum absolute atomic E-state index is 0.255. The van der Waals surface area contributed by atoms with E-state index in [1.54, 1.807) is 31.2 Å². The van der Waals surface area contributed by atoms with Crippen LogP contribution in [0.4, 0.5) is 11.7 Å². The van der Waals surface area contributed by atoms with Crippen LogP contribution in [-0.2, 0) is 0 Å². The molecule has 4 aromatic rings. The molecule has 2 aromatic heterocycles. The zero-order valence-electron chi connectivity index (χ0n) is 13.5. The largest absolute Gasteiger partial charge is 0.403 e. The lowest BCUT2D eigenvalue weighted by Crippen LogP contribution is -1.89. The smallest absolute Gasteiger partial charge is 0.320 e. The fourth-order valence-electron chi connectivity index (χ4n) is 2.46. The number of hydrogen-bond donors (Lipinski definition) is 1. The Bertz CT molecular complexity index is 1040. The Hall–Kier alpha value is -2.83. The Labute approximate surface area is 158 Å². The first kappa shape index (κ1) is 16.6.